The van der Waals surface area contributed by atoms with E-state index >= 15 is 0 Å². The molecule has 0 radical (unpaired) electrons. The van der Waals surface area contributed by atoms with Crippen molar-refractivity contribution < 1.29 is 9.59 Å². The second kappa shape index (κ2) is 10.1. The van der Waals surface area contributed by atoms with Crippen LogP contribution in [0.2, 0.25) is 0 Å². The molecule has 166 valence electrons. The average Bonchev–Trinajstić information content (AvgIpc) is 2.84. The van der Waals surface area contributed by atoms with Crippen molar-refractivity contribution in [2.75, 3.05) is 11.9 Å². The fraction of sp³-hybridized carbons (Fsp3) is 0.172. The van der Waals surface area contributed by atoms with Crippen LogP contribution in [0.5, 0.6) is 0 Å². The molecule has 0 aliphatic rings. The molecule has 1 N–H and O–H groups in total. The van der Waals surface area contributed by atoms with Crippen molar-refractivity contribution in [2.45, 2.75) is 25.8 Å². The Morgan fingerprint density at radius 2 is 1.48 bits per heavy atom. The van der Waals surface area contributed by atoms with Crippen molar-refractivity contribution in [1.29, 1.82) is 0 Å². The summed E-state index contributed by atoms with van der Waals surface area (Å²) in [5.41, 5.74) is 3.87. The van der Waals surface area contributed by atoms with Crippen molar-refractivity contribution >= 4 is 28.3 Å². The highest BCUT2D eigenvalue weighted by atomic mass is 16.2. The van der Waals surface area contributed by atoms with Gasteiger partial charge in [-0.1, -0.05) is 90.5 Å². The third-order valence-corrected chi connectivity index (χ3v) is 5.90. The number of anilines is 1. The van der Waals surface area contributed by atoms with E-state index in [0.717, 1.165) is 33.2 Å². The highest BCUT2D eigenvalue weighted by Gasteiger charge is 2.25. The third-order valence-electron chi connectivity index (χ3n) is 5.90. The minimum Gasteiger partial charge on any atom is -0.344 e. The zero-order valence-electron chi connectivity index (χ0n) is 19.0. The van der Waals surface area contributed by atoms with E-state index in [2.05, 4.69) is 5.32 Å². The first-order chi connectivity index (χ1) is 16.0. The lowest BCUT2D eigenvalue weighted by atomic mass is 10.0. The molecule has 0 heterocycles. The molecule has 2 amide bonds. The van der Waals surface area contributed by atoms with E-state index in [1.165, 1.54) is 0 Å². The smallest absolute Gasteiger partial charge is 0.249 e. The van der Waals surface area contributed by atoms with Gasteiger partial charge in [0.1, 0.15) is 6.04 Å². The number of nitrogens with one attached hydrogen (secondary N) is 1. The first kappa shape index (κ1) is 22.3. The fourth-order valence-corrected chi connectivity index (χ4v) is 4.04. The van der Waals surface area contributed by atoms with Gasteiger partial charge in [-0.3, -0.25) is 9.59 Å². The van der Waals surface area contributed by atoms with E-state index in [9.17, 15) is 9.59 Å². The number of hydrogen-bond donors (Lipinski definition) is 1. The molecule has 4 aromatic rings. The highest BCUT2D eigenvalue weighted by Crippen LogP contribution is 2.20. The van der Waals surface area contributed by atoms with Gasteiger partial charge in [0.2, 0.25) is 11.8 Å². The van der Waals surface area contributed by atoms with Crippen molar-refractivity contribution in [3.8, 4) is 0 Å². The van der Waals surface area contributed by atoms with Gasteiger partial charge >= 0.3 is 0 Å². The van der Waals surface area contributed by atoms with Crippen molar-refractivity contribution in [1.82, 2.24) is 5.32 Å². The number of carbonyl (C=O) groups excluding carboxylic acids is 2. The zero-order chi connectivity index (χ0) is 23.2. The van der Waals surface area contributed by atoms with Gasteiger partial charge in [-0.15, -0.1) is 0 Å². The number of hydrogen-bond acceptors (Lipinski definition) is 2. The number of amides is 2. The molecule has 0 aromatic heterocycles. The molecule has 0 saturated heterocycles. The van der Waals surface area contributed by atoms with Crippen molar-refractivity contribution in [3.63, 3.8) is 0 Å². The van der Waals surface area contributed by atoms with Gasteiger partial charge in [0.15, 0.2) is 0 Å². The number of likely N-dealkylation sites (N-methyl/N-ethyl adjacent to an activating group) is 1. The van der Waals surface area contributed by atoms with Crippen LogP contribution in [0, 0.1) is 6.92 Å². The maximum Gasteiger partial charge on any atom is 0.249 e. The number of benzene rings is 4. The summed E-state index contributed by atoms with van der Waals surface area (Å²) < 4.78 is 0. The Kier molecular flexibility index (Phi) is 6.84. The molecule has 33 heavy (non-hydrogen) atoms. The lowest BCUT2D eigenvalue weighted by Gasteiger charge is -2.25. The minimum atomic E-state index is -0.666. The normalized spacial score (nSPS) is 11.7. The van der Waals surface area contributed by atoms with E-state index in [1.54, 1.807) is 11.9 Å². The van der Waals surface area contributed by atoms with Crippen LogP contribution >= 0.6 is 0 Å². The third kappa shape index (κ3) is 5.47. The van der Waals surface area contributed by atoms with E-state index in [0.29, 0.717) is 6.42 Å². The predicted octanol–water partition coefficient (Wildman–Crippen LogP) is 5.08. The quantitative estimate of drug-likeness (QED) is 0.439. The molecule has 4 heteroatoms. The summed E-state index contributed by atoms with van der Waals surface area (Å²) in [7, 11) is 1.75. The number of nitrogens with zero attached hydrogens (tertiary/aromatic N) is 1. The Bertz CT molecular complexity index is 1240. The van der Waals surface area contributed by atoms with Gasteiger partial charge in [0, 0.05) is 19.2 Å². The molecule has 0 saturated carbocycles. The molecule has 4 rings (SSSR count). The van der Waals surface area contributed by atoms with E-state index < -0.39 is 6.04 Å². The first-order valence-electron chi connectivity index (χ1n) is 11.2. The van der Waals surface area contributed by atoms with Crippen LogP contribution in [-0.4, -0.2) is 24.9 Å². The molecule has 0 unspecified atom stereocenters. The second-order valence-corrected chi connectivity index (χ2v) is 8.36. The Balaban J connectivity index is 1.55. The largest absolute Gasteiger partial charge is 0.344 e. The minimum absolute atomic E-state index is 0.144. The summed E-state index contributed by atoms with van der Waals surface area (Å²) in [5.74, 6) is -0.313. The maximum atomic E-state index is 13.4. The van der Waals surface area contributed by atoms with Crippen molar-refractivity contribution in [2.24, 2.45) is 0 Å². The Hall–Kier alpha value is -3.92. The van der Waals surface area contributed by atoms with E-state index in [4.69, 9.17) is 0 Å². The molecule has 4 nitrogen and oxygen atoms in total. The zero-order valence-corrected chi connectivity index (χ0v) is 19.0. The van der Waals surface area contributed by atoms with Gasteiger partial charge in [-0.25, -0.2) is 0 Å². The number of carbonyl (C=O) groups is 2. The Morgan fingerprint density at radius 3 is 2.24 bits per heavy atom. The van der Waals surface area contributed by atoms with E-state index in [-0.39, 0.29) is 18.2 Å². The molecular weight excluding hydrogens is 408 g/mol. The molecular formula is C29H28N2O2. The van der Waals surface area contributed by atoms with Gasteiger partial charge in [0.05, 0.1) is 6.42 Å². The first-order valence-corrected chi connectivity index (χ1v) is 11.2. The van der Waals surface area contributed by atoms with Gasteiger partial charge in [-0.2, -0.15) is 0 Å². The number of fused-ring (bicyclic) bond motifs is 1. The monoisotopic (exact) mass is 436 g/mol. The molecule has 0 spiro atoms. The molecule has 0 aliphatic heterocycles. The van der Waals surface area contributed by atoms with Crippen LogP contribution in [0.15, 0.2) is 97.1 Å². The van der Waals surface area contributed by atoms with Gasteiger partial charge < -0.3 is 10.2 Å². The van der Waals surface area contributed by atoms with Crippen LogP contribution in [0.25, 0.3) is 10.8 Å². The molecule has 4 aromatic carbocycles. The summed E-state index contributed by atoms with van der Waals surface area (Å²) in [4.78, 5) is 28.1. The van der Waals surface area contributed by atoms with Gasteiger partial charge in [-0.05, 0) is 41.0 Å². The lowest BCUT2D eigenvalue weighted by Crippen LogP contribution is -2.49. The molecule has 1 atom stereocenters. The van der Waals surface area contributed by atoms with Gasteiger partial charge in [0.25, 0.3) is 0 Å². The highest BCUT2D eigenvalue weighted by molar-refractivity contribution is 5.99. The summed E-state index contributed by atoms with van der Waals surface area (Å²) in [6.45, 7) is 2.01. The maximum absolute atomic E-state index is 13.4. The van der Waals surface area contributed by atoms with Crippen LogP contribution in [-0.2, 0) is 22.4 Å². The second-order valence-electron chi connectivity index (χ2n) is 8.36. The summed E-state index contributed by atoms with van der Waals surface area (Å²) in [6.07, 6.45) is 0.644. The topological polar surface area (TPSA) is 49.4 Å². The molecule has 0 bridgehead atoms. The SMILES string of the molecule is Cc1ccc(N(C)C(=O)[C@H](Cc2ccccc2)NC(=O)Cc2cccc3ccccc23)cc1. The Morgan fingerprint density at radius 1 is 0.818 bits per heavy atom. The van der Waals surface area contributed by atoms with Crippen molar-refractivity contribution in [3.05, 3.63) is 114 Å². The molecule has 0 aliphatic carbocycles. The van der Waals surface area contributed by atoms with Crippen LogP contribution in [0.3, 0.4) is 0 Å². The van der Waals surface area contributed by atoms with Crippen LogP contribution in [0.4, 0.5) is 5.69 Å². The predicted molar refractivity (Wildman–Crippen MR) is 134 cm³/mol. The number of aryl methyl sites for hydroxylation is 1. The summed E-state index contributed by atoms with van der Waals surface area (Å²) in [5, 5.41) is 5.16. The molecule has 0 fully saturated rings. The summed E-state index contributed by atoms with van der Waals surface area (Å²) >= 11 is 0. The lowest BCUT2D eigenvalue weighted by molar-refractivity contribution is -0.127. The Labute approximate surface area is 194 Å². The number of rotatable bonds is 7. The van der Waals surface area contributed by atoms with Crippen LogP contribution < -0.4 is 10.2 Å². The fourth-order valence-electron chi connectivity index (χ4n) is 4.04. The van der Waals surface area contributed by atoms with Crippen LogP contribution in [0.1, 0.15) is 16.7 Å². The summed E-state index contributed by atoms with van der Waals surface area (Å²) in [6, 6.07) is 30.9. The van der Waals surface area contributed by atoms with E-state index in [1.807, 2.05) is 104 Å². The standard InChI is InChI=1S/C29H28N2O2/c1-21-15-17-25(18-16-21)31(2)29(33)27(19-22-9-4-3-5-10-22)30-28(32)20-24-13-8-12-23-11-6-7-14-26(23)24/h3-18,27H,19-20H2,1-2H3,(H,30,32)/t27-/m0/s1. The average molecular weight is 437 g/mol.